The Bertz CT molecular complexity index is 319. The molecule has 1 rings (SSSR count). The first-order valence-corrected chi connectivity index (χ1v) is 5.53. The second-order valence-corrected chi connectivity index (χ2v) is 3.92. The Labute approximate surface area is 99.7 Å². The predicted octanol–water partition coefficient (Wildman–Crippen LogP) is -2.28. The fourth-order valence-electron chi connectivity index (χ4n) is 1.76. The molecule has 7 heteroatoms. The van der Waals surface area contributed by atoms with Gasteiger partial charge in [0, 0.05) is 14.0 Å². The summed E-state index contributed by atoms with van der Waals surface area (Å²) >= 11 is 0. The van der Waals surface area contributed by atoms with Crippen molar-refractivity contribution in [1.82, 2.24) is 21.3 Å². The van der Waals surface area contributed by atoms with Gasteiger partial charge in [-0.25, -0.2) is 0 Å². The zero-order valence-corrected chi connectivity index (χ0v) is 10.0. The number of carbonyl (C=O) groups excluding carboxylic acids is 3. The van der Waals surface area contributed by atoms with Crippen LogP contribution in [0.5, 0.6) is 0 Å². The molecule has 2 unspecified atom stereocenters. The summed E-state index contributed by atoms with van der Waals surface area (Å²) in [4.78, 5) is 33.7. The van der Waals surface area contributed by atoms with Crippen LogP contribution in [0.4, 0.5) is 0 Å². The average molecular weight is 242 g/mol. The van der Waals surface area contributed by atoms with E-state index in [1.165, 1.54) is 14.0 Å². The topological polar surface area (TPSA) is 99.3 Å². The highest BCUT2D eigenvalue weighted by Crippen LogP contribution is 2.07. The Morgan fingerprint density at radius 1 is 1.35 bits per heavy atom. The smallest absolute Gasteiger partial charge is 0.239 e. The molecule has 0 spiro atoms. The Morgan fingerprint density at radius 3 is 2.65 bits per heavy atom. The van der Waals surface area contributed by atoms with Gasteiger partial charge in [0.1, 0.15) is 6.04 Å². The minimum Gasteiger partial charge on any atom is -0.358 e. The highest BCUT2D eigenvalue weighted by molar-refractivity contribution is 5.88. The van der Waals surface area contributed by atoms with Crippen molar-refractivity contribution in [3.05, 3.63) is 0 Å². The van der Waals surface area contributed by atoms with E-state index in [2.05, 4.69) is 21.3 Å². The van der Waals surface area contributed by atoms with E-state index in [-0.39, 0.29) is 30.3 Å². The summed E-state index contributed by atoms with van der Waals surface area (Å²) in [5, 5.41) is 10.6. The molecular formula is C10H18N4O3. The van der Waals surface area contributed by atoms with Crippen LogP contribution >= 0.6 is 0 Å². The van der Waals surface area contributed by atoms with Gasteiger partial charge in [0.15, 0.2) is 0 Å². The molecule has 1 heterocycles. The number of likely N-dealkylation sites (N-methyl/N-ethyl adjacent to an activating group) is 1. The van der Waals surface area contributed by atoms with Gasteiger partial charge in [0.25, 0.3) is 0 Å². The molecule has 0 aliphatic carbocycles. The number of rotatable bonds is 4. The first kappa shape index (κ1) is 13.4. The molecule has 1 saturated heterocycles. The van der Waals surface area contributed by atoms with Crippen molar-refractivity contribution in [1.29, 1.82) is 0 Å². The molecule has 0 radical (unpaired) electrons. The molecule has 2 atom stereocenters. The van der Waals surface area contributed by atoms with Crippen LogP contribution in [0.1, 0.15) is 13.3 Å². The molecule has 96 valence electrons. The van der Waals surface area contributed by atoms with Crippen LogP contribution in [0, 0.1) is 0 Å². The predicted molar refractivity (Wildman–Crippen MR) is 61.1 cm³/mol. The van der Waals surface area contributed by atoms with Gasteiger partial charge >= 0.3 is 0 Å². The van der Waals surface area contributed by atoms with Crippen molar-refractivity contribution in [3.63, 3.8) is 0 Å². The van der Waals surface area contributed by atoms with Crippen molar-refractivity contribution < 1.29 is 14.4 Å². The van der Waals surface area contributed by atoms with Crippen LogP contribution in [0.2, 0.25) is 0 Å². The molecule has 0 bridgehead atoms. The fourth-order valence-corrected chi connectivity index (χ4v) is 1.76. The van der Waals surface area contributed by atoms with Gasteiger partial charge in [-0.2, -0.15) is 0 Å². The van der Waals surface area contributed by atoms with E-state index in [1.807, 2.05) is 0 Å². The second kappa shape index (κ2) is 6.19. The molecule has 17 heavy (non-hydrogen) atoms. The summed E-state index contributed by atoms with van der Waals surface area (Å²) < 4.78 is 0. The summed E-state index contributed by atoms with van der Waals surface area (Å²) in [5.74, 6) is -0.694. The maximum Gasteiger partial charge on any atom is 0.239 e. The van der Waals surface area contributed by atoms with Crippen LogP contribution < -0.4 is 21.3 Å². The molecule has 0 aromatic carbocycles. The number of amides is 3. The minimum absolute atomic E-state index is 0.0553. The minimum atomic E-state index is -0.469. The van der Waals surface area contributed by atoms with Gasteiger partial charge in [-0.15, -0.1) is 0 Å². The van der Waals surface area contributed by atoms with E-state index in [1.54, 1.807) is 0 Å². The summed E-state index contributed by atoms with van der Waals surface area (Å²) in [6.45, 7) is 2.03. The molecule has 1 fully saturated rings. The molecule has 1 aliphatic rings. The SMILES string of the molecule is CNC(=O)CNC(=O)C1NCCC1NC(C)=O. The maximum atomic E-state index is 11.8. The van der Waals surface area contributed by atoms with Gasteiger partial charge < -0.3 is 21.3 Å². The summed E-state index contributed by atoms with van der Waals surface area (Å²) in [6.07, 6.45) is 0.706. The summed E-state index contributed by atoms with van der Waals surface area (Å²) in [5.41, 5.74) is 0. The van der Waals surface area contributed by atoms with Crippen molar-refractivity contribution in [2.24, 2.45) is 0 Å². The molecular weight excluding hydrogens is 224 g/mol. The van der Waals surface area contributed by atoms with Crippen molar-refractivity contribution in [2.45, 2.75) is 25.4 Å². The molecule has 1 aliphatic heterocycles. The van der Waals surface area contributed by atoms with E-state index in [4.69, 9.17) is 0 Å². The average Bonchev–Trinajstić information content (AvgIpc) is 2.72. The first-order chi connectivity index (χ1) is 8.04. The normalized spacial score (nSPS) is 22.9. The van der Waals surface area contributed by atoms with Crippen LogP contribution in [0.15, 0.2) is 0 Å². The lowest BCUT2D eigenvalue weighted by molar-refractivity contribution is -0.127. The first-order valence-electron chi connectivity index (χ1n) is 5.53. The number of hydrogen-bond donors (Lipinski definition) is 4. The third-order valence-corrected chi connectivity index (χ3v) is 2.60. The molecule has 0 aromatic rings. The van der Waals surface area contributed by atoms with Crippen molar-refractivity contribution >= 4 is 17.7 Å². The van der Waals surface area contributed by atoms with Crippen LogP contribution in [-0.4, -0.2) is 49.9 Å². The largest absolute Gasteiger partial charge is 0.358 e. The summed E-state index contributed by atoms with van der Waals surface area (Å²) in [7, 11) is 1.50. The van der Waals surface area contributed by atoms with E-state index in [0.29, 0.717) is 13.0 Å². The van der Waals surface area contributed by atoms with E-state index < -0.39 is 6.04 Å². The Kier molecular flexibility index (Phi) is 4.89. The van der Waals surface area contributed by atoms with Crippen molar-refractivity contribution in [2.75, 3.05) is 20.1 Å². The molecule has 3 amide bonds. The third-order valence-electron chi connectivity index (χ3n) is 2.60. The Hall–Kier alpha value is -1.63. The van der Waals surface area contributed by atoms with Crippen LogP contribution in [-0.2, 0) is 14.4 Å². The fraction of sp³-hybridized carbons (Fsp3) is 0.700. The van der Waals surface area contributed by atoms with E-state index >= 15 is 0 Å². The Balaban J connectivity index is 2.44. The number of nitrogens with one attached hydrogen (secondary N) is 4. The van der Waals surface area contributed by atoms with E-state index in [0.717, 1.165) is 0 Å². The molecule has 4 N–H and O–H groups in total. The lowest BCUT2D eigenvalue weighted by Gasteiger charge is -2.19. The lowest BCUT2D eigenvalue weighted by Crippen LogP contribution is -2.52. The zero-order valence-electron chi connectivity index (χ0n) is 10.0. The van der Waals surface area contributed by atoms with Crippen LogP contribution in [0.3, 0.4) is 0 Å². The van der Waals surface area contributed by atoms with Gasteiger partial charge in [-0.1, -0.05) is 0 Å². The van der Waals surface area contributed by atoms with Gasteiger partial charge in [-0.05, 0) is 13.0 Å². The van der Waals surface area contributed by atoms with Crippen molar-refractivity contribution in [3.8, 4) is 0 Å². The zero-order chi connectivity index (χ0) is 12.8. The van der Waals surface area contributed by atoms with Gasteiger partial charge in [0.05, 0.1) is 12.6 Å². The third kappa shape index (κ3) is 4.03. The lowest BCUT2D eigenvalue weighted by atomic mass is 10.1. The Morgan fingerprint density at radius 2 is 2.06 bits per heavy atom. The van der Waals surface area contributed by atoms with Crippen LogP contribution in [0.25, 0.3) is 0 Å². The number of carbonyl (C=O) groups is 3. The van der Waals surface area contributed by atoms with Gasteiger partial charge in [0.2, 0.25) is 17.7 Å². The summed E-state index contributed by atoms with van der Waals surface area (Å²) in [6, 6.07) is -0.680. The highest BCUT2D eigenvalue weighted by Gasteiger charge is 2.33. The van der Waals surface area contributed by atoms with E-state index in [9.17, 15) is 14.4 Å². The molecule has 0 aromatic heterocycles. The monoisotopic (exact) mass is 242 g/mol. The number of hydrogen-bond acceptors (Lipinski definition) is 4. The molecule has 0 saturated carbocycles. The highest BCUT2D eigenvalue weighted by atomic mass is 16.2. The standard InChI is InChI=1S/C10H18N4O3/c1-6(15)14-7-3-4-12-9(7)10(17)13-5-8(16)11-2/h7,9,12H,3-5H2,1-2H3,(H,11,16)(H,13,17)(H,14,15). The maximum absolute atomic E-state index is 11.8. The van der Waals surface area contributed by atoms with Gasteiger partial charge in [-0.3, -0.25) is 14.4 Å². The quantitative estimate of drug-likeness (QED) is 0.446. The molecule has 7 nitrogen and oxygen atoms in total. The second-order valence-electron chi connectivity index (χ2n) is 3.92.